The molecule has 33 heteroatoms. The van der Waals surface area contributed by atoms with Crippen LogP contribution in [-0.2, 0) is 65.8 Å². The van der Waals surface area contributed by atoms with Crippen molar-refractivity contribution in [1.82, 2.24) is 30.7 Å². The highest BCUT2D eigenvalue weighted by Gasteiger charge is 2.59. The maximum Gasteiger partial charge on any atom is 0.418 e. The van der Waals surface area contributed by atoms with Gasteiger partial charge in [0.25, 0.3) is 11.8 Å². The lowest BCUT2D eigenvalue weighted by atomic mass is 9.94. The molecular formula is C50H53BrF8N8O12S4. The summed E-state index contributed by atoms with van der Waals surface area (Å²) in [5, 5.41) is 12.0. The molecule has 4 aromatic rings. The first kappa shape index (κ1) is 68.7. The fraction of sp³-hybridized carbons (Fsp3) is 0.360. The van der Waals surface area contributed by atoms with Crippen LogP contribution in [0.15, 0.2) is 72.8 Å². The maximum absolute atomic E-state index is 13.9. The predicted octanol–water partition coefficient (Wildman–Crippen LogP) is 7.22. The van der Waals surface area contributed by atoms with E-state index >= 15 is 0 Å². The highest BCUT2D eigenvalue weighted by atomic mass is 79.9. The van der Waals surface area contributed by atoms with Crippen LogP contribution in [0.2, 0.25) is 0 Å². The number of benzene rings is 4. The van der Waals surface area contributed by atoms with Crippen molar-refractivity contribution in [3.8, 4) is 11.5 Å². The highest BCUT2D eigenvalue weighted by Crippen LogP contribution is 2.47. The first-order chi connectivity index (χ1) is 37.3. The highest BCUT2D eigenvalue weighted by molar-refractivity contribution is 9.09. The van der Waals surface area contributed by atoms with Gasteiger partial charge in [0.15, 0.2) is 12.1 Å². The lowest BCUT2D eigenvalue weighted by Gasteiger charge is -2.31. The molecule has 2 aliphatic carbocycles. The van der Waals surface area contributed by atoms with Crippen molar-refractivity contribution in [3.05, 3.63) is 118 Å². The second-order valence-electron chi connectivity index (χ2n) is 18.3. The molecule has 20 nitrogen and oxygen atoms in total. The molecule has 83 heavy (non-hydrogen) atoms. The van der Waals surface area contributed by atoms with Crippen LogP contribution in [-0.4, -0.2) is 126 Å². The van der Waals surface area contributed by atoms with Gasteiger partial charge in [-0.1, -0.05) is 28.1 Å². The van der Waals surface area contributed by atoms with Crippen LogP contribution in [0.5, 0.6) is 11.5 Å². The van der Waals surface area contributed by atoms with Crippen LogP contribution < -0.4 is 36.1 Å². The Labute approximate surface area is 503 Å². The molecule has 0 saturated carbocycles. The fourth-order valence-corrected chi connectivity index (χ4v) is 10.0. The van der Waals surface area contributed by atoms with Crippen molar-refractivity contribution in [2.75, 3.05) is 49.8 Å². The number of nitrogens with one attached hydrogen (secondary N) is 5. The molecule has 2 spiro atoms. The quantitative estimate of drug-likeness (QED) is 0.0983. The number of rotatable bonds is 5. The largest absolute Gasteiger partial charge is 0.491 e. The molecule has 4 aromatic carbocycles. The lowest BCUT2D eigenvalue weighted by Crippen LogP contribution is -2.53. The van der Waals surface area contributed by atoms with Gasteiger partial charge in [0.1, 0.15) is 42.9 Å². The Balaban J connectivity index is 0.000000285. The van der Waals surface area contributed by atoms with Gasteiger partial charge in [0.05, 0.1) is 18.4 Å². The number of nitrogens with zero attached hydrogens (tertiary/aromatic N) is 3. The Bertz CT molecular complexity index is 3170. The first-order valence-corrected chi connectivity index (χ1v) is 24.9. The number of aryl methyl sites for hydroxylation is 2. The number of ether oxygens (including phenoxy) is 4. The van der Waals surface area contributed by atoms with Crippen LogP contribution in [0.25, 0.3) is 0 Å². The molecule has 0 aromatic heterocycles. The number of hydrogen-bond acceptors (Lipinski definition) is 12. The van der Waals surface area contributed by atoms with Crippen LogP contribution in [0.4, 0.5) is 65.7 Å². The Morgan fingerprint density at radius 2 is 1.07 bits per heavy atom. The maximum atomic E-state index is 13.9. The van der Waals surface area contributed by atoms with Crippen molar-refractivity contribution in [3.63, 3.8) is 0 Å². The molecule has 5 N–H and O–H groups in total. The monoisotopic (exact) mass is 1320 g/mol. The average molecular weight is 1320 g/mol. The molecule has 6 aliphatic rings. The number of anilines is 2. The third-order valence-corrected chi connectivity index (χ3v) is 14.0. The summed E-state index contributed by atoms with van der Waals surface area (Å²) >= 11 is 2.85. The number of halogens is 9. The molecule has 0 bridgehead atoms. The summed E-state index contributed by atoms with van der Waals surface area (Å²) in [7, 11) is 2.97. The van der Waals surface area contributed by atoms with E-state index in [1.807, 2.05) is 0 Å². The molecule has 0 unspecified atom stereocenters. The normalized spacial score (nSPS) is 20.6. The summed E-state index contributed by atoms with van der Waals surface area (Å²) in [4.78, 5) is 98.8. The van der Waals surface area contributed by atoms with Gasteiger partial charge in [0.2, 0.25) is 23.0 Å². The van der Waals surface area contributed by atoms with Gasteiger partial charge in [0, 0.05) is 60.6 Å². The van der Waals surface area contributed by atoms with E-state index in [0.717, 1.165) is 29.8 Å². The minimum atomic E-state index is -4.90. The van der Waals surface area contributed by atoms with Gasteiger partial charge in [-0.05, 0) is 84.6 Å². The van der Waals surface area contributed by atoms with E-state index in [4.69, 9.17) is 18.9 Å². The molecule has 0 radical (unpaired) electrons. The van der Waals surface area contributed by atoms with Crippen molar-refractivity contribution >= 4 is 129 Å². The molecular weight excluding hydrogens is 1260 g/mol. The van der Waals surface area contributed by atoms with Crippen molar-refractivity contribution in [2.24, 2.45) is 0 Å². The molecule has 10 amide bonds. The smallest absolute Gasteiger partial charge is 0.418 e. The van der Waals surface area contributed by atoms with Crippen LogP contribution >= 0.6 is 69.9 Å². The molecule has 452 valence electrons. The number of urea groups is 2. The zero-order valence-corrected chi connectivity index (χ0v) is 48.9. The number of alkyl halides is 7. The SMILES string of the molecule is CNC(=O)Nc1ccc2c(c1)CC[C@]21OC(=O)N(CC(=O)N2Cc3cc(F)ccc3OC[C@H]2C(F)(F)F)C1=O.CNC(=O)Nc1ccc2c(c1)CC[C@]21OC(=O)NC1=O.O=C(CBr)N1Cc2cc(F)ccc2OC[C@H]1C(F)(F)F.S.S.S.S. The number of imide groups is 2. The second kappa shape index (κ2) is 27.3. The van der Waals surface area contributed by atoms with E-state index in [0.29, 0.717) is 62.0 Å². The summed E-state index contributed by atoms with van der Waals surface area (Å²) in [5.74, 6) is -4.40. The number of fused-ring (bicyclic) bond motifs is 6. The second-order valence-corrected chi connectivity index (χ2v) is 18.9. The molecule has 4 aliphatic heterocycles. The van der Waals surface area contributed by atoms with E-state index in [2.05, 4.69) is 42.5 Å². The van der Waals surface area contributed by atoms with Gasteiger partial charge in [-0.15, -0.1) is 0 Å². The Morgan fingerprint density at radius 3 is 1.49 bits per heavy atom. The molecule has 4 atom stereocenters. The predicted molar refractivity (Wildman–Crippen MR) is 302 cm³/mol. The topological polar surface area (TPSA) is 243 Å². The van der Waals surface area contributed by atoms with Crippen molar-refractivity contribution < 1.29 is 92.4 Å². The van der Waals surface area contributed by atoms with E-state index in [9.17, 15) is 73.5 Å². The van der Waals surface area contributed by atoms with Gasteiger partial charge < -0.3 is 50.0 Å². The Morgan fingerprint density at radius 1 is 0.627 bits per heavy atom. The zero-order chi connectivity index (χ0) is 57.4. The molecule has 2 saturated heterocycles. The lowest BCUT2D eigenvalue weighted by molar-refractivity contribution is -0.195. The summed E-state index contributed by atoms with van der Waals surface area (Å²) in [6, 6.07) is 11.2. The summed E-state index contributed by atoms with van der Waals surface area (Å²) in [6.07, 6.45) is -10.0. The average Bonchev–Trinajstić information content (AvgIpc) is 4.25. The van der Waals surface area contributed by atoms with Gasteiger partial charge in [-0.25, -0.2) is 32.9 Å². The number of carbonyl (C=O) groups is 8. The third kappa shape index (κ3) is 14.4. The van der Waals surface area contributed by atoms with E-state index in [1.54, 1.807) is 24.3 Å². The van der Waals surface area contributed by atoms with Crippen LogP contribution in [0.3, 0.4) is 0 Å². The van der Waals surface area contributed by atoms with Crippen molar-refractivity contribution in [2.45, 2.75) is 74.4 Å². The number of carbonyl (C=O) groups excluding carboxylic acids is 8. The summed E-state index contributed by atoms with van der Waals surface area (Å²) < 4.78 is 129. The summed E-state index contributed by atoms with van der Waals surface area (Å²) in [5.41, 5.74) is 0.915. The van der Waals surface area contributed by atoms with Crippen molar-refractivity contribution in [1.29, 1.82) is 0 Å². The fourth-order valence-electron chi connectivity index (χ4n) is 9.70. The molecule has 2 fully saturated rings. The van der Waals surface area contributed by atoms with Gasteiger partial charge >= 0.3 is 36.6 Å². The minimum absolute atomic E-state index is 0. The third-order valence-electron chi connectivity index (χ3n) is 13.5. The van der Waals surface area contributed by atoms with Crippen LogP contribution in [0, 0.1) is 11.6 Å². The molecule has 10 rings (SSSR count). The molecule has 4 heterocycles. The first-order valence-electron chi connectivity index (χ1n) is 23.7. The van der Waals surface area contributed by atoms with E-state index in [-0.39, 0.29) is 101 Å². The standard InChI is InChI=1S/C25H22F4N4O6.C13H13N3O4.C12H10BrF4NO2.4H2S/c1-30-22(36)31-16-3-4-17-13(9-16)6-7-24(17)21(35)33(23(37)39-24)11-20(34)32-10-14-8-15(26)2-5-18(14)38-12-19(32)25(27,28)29;1-14-11(18)15-8-2-3-9-7(6-8)4-5-13(9)10(17)16-12(19)20-13;13-4-11(19)18-5-7-3-8(14)1-2-9(7)20-6-10(18)12(15,16)17;;;;/h2-5,8-9,19H,6-7,10-12H2,1H3,(H2,30,31,36);2-3,6H,4-5H2,1H3,(H2,14,15,18)(H,16,17,19);1-3,10H,4-6H2;4*1H2/t19-,24-;13-;10-;;;;/m000..../s1. The minimum Gasteiger partial charge on any atom is -0.491 e. The van der Waals surface area contributed by atoms with Gasteiger partial charge in [-0.2, -0.15) is 80.3 Å². The number of hydrogen-bond donors (Lipinski definition) is 5. The Hall–Kier alpha value is -6.84. The van der Waals surface area contributed by atoms with E-state index in [1.165, 1.54) is 38.4 Å². The van der Waals surface area contributed by atoms with Crippen LogP contribution in [0.1, 0.15) is 46.2 Å². The van der Waals surface area contributed by atoms with Gasteiger partial charge in [-0.3, -0.25) is 24.5 Å². The number of alkyl carbamates (subject to hydrolysis) is 1. The summed E-state index contributed by atoms with van der Waals surface area (Å²) in [6.45, 7) is -3.66. The van der Waals surface area contributed by atoms with E-state index < -0.39 is 115 Å². The Kier molecular flexibility index (Phi) is 22.5. The number of amides is 10. The zero-order valence-electron chi connectivity index (χ0n) is 43.3.